The van der Waals surface area contributed by atoms with Crippen molar-refractivity contribution in [3.05, 3.63) is 18.7 Å². The highest BCUT2D eigenvalue weighted by atomic mass is 16.4. The van der Waals surface area contributed by atoms with Crippen LogP contribution in [0.4, 0.5) is 10.5 Å². The number of amides is 2. The van der Waals surface area contributed by atoms with E-state index in [0.717, 1.165) is 0 Å². The van der Waals surface area contributed by atoms with Gasteiger partial charge in [-0.1, -0.05) is 13.8 Å². The first kappa shape index (κ1) is 12.9. The number of carboxylic acid groups (broad SMARTS) is 1. The molecule has 7 heteroatoms. The zero-order valence-corrected chi connectivity index (χ0v) is 9.54. The summed E-state index contributed by atoms with van der Waals surface area (Å²) >= 11 is 0. The number of rotatable bonds is 4. The van der Waals surface area contributed by atoms with Crippen LogP contribution in [-0.2, 0) is 4.79 Å². The maximum absolute atomic E-state index is 11.5. The largest absolute Gasteiger partial charge is 0.480 e. The van der Waals surface area contributed by atoms with E-state index in [1.165, 1.54) is 18.7 Å². The van der Waals surface area contributed by atoms with E-state index in [4.69, 9.17) is 5.11 Å². The third-order valence-electron chi connectivity index (χ3n) is 2.04. The molecule has 0 aliphatic carbocycles. The van der Waals surface area contributed by atoms with Crippen LogP contribution >= 0.6 is 0 Å². The average molecular weight is 238 g/mol. The lowest BCUT2D eigenvalue weighted by atomic mass is 10.1. The molecule has 0 aliphatic rings. The normalized spacial score (nSPS) is 11.9. The number of carboxylic acids is 1. The Morgan fingerprint density at radius 2 is 1.88 bits per heavy atom. The third-order valence-corrected chi connectivity index (χ3v) is 2.04. The Morgan fingerprint density at radius 1 is 1.29 bits per heavy atom. The number of carbonyl (C=O) groups excluding carboxylic acids is 1. The first-order chi connectivity index (χ1) is 8.00. The maximum atomic E-state index is 11.5. The summed E-state index contributed by atoms with van der Waals surface area (Å²) in [4.78, 5) is 29.8. The van der Waals surface area contributed by atoms with Crippen molar-refractivity contribution in [2.24, 2.45) is 5.92 Å². The number of hydrogen-bond acceptors (Lipinski definition) is 4. The zero-order chi connectivity index (χ0) is 12.8. The molecule has 1 atom stereocenters. The lowest BCUT2D eigenvalue weighted by molar-refractivity contribution is -0.140. The molecule has 0 saturated carbocycles. The smallest absolute Gasteiger partial charge is 0.326 e. The minimum absolute atomic E-state index is 0.203. The second-order valence-corrected chi connectivity index (χ2v) is 3.79. The Bertz CT molecular complexity index is 394. The van der Waals surface area contributed by atoms with Gasteiger partial charge < -0.3 is 15.7 Å². The number of carbonyl (C=O) groups is 2. The first-order valence-corrected chi connectivity index (χ1v) is 5.06. The lowest BCUT2D eigenvalue weighted by Crippen LogP contribution is -2.46. The molecule has 0 saturated heterocycles. The number of anilines is 1. The molecule has 2 amide bonds. The van der Waals surface area contributed by atoms with Crippen LogP contribution in [-0.4, -0.2) is 33.1 Å². The van der Waals surface area contributed by atoms with Crippen LogP contribution < -0.4 is 10.6 Å². The van der Waals surface area contributed by atoms with E-state index >= 15 is 0 Å². The van der Waals surface area contributed by atoms with Crippen LogP contribution in [0.2, 0.25) is 0 Å². The summed E-state index contributed by atoms with van der Waals surface area (Å²) in [6.07, 6.45) is 4.16. The Labute approximate surface area is 98.3 Å². The molecule has 0 aromatic carbocycles. The van der Waals surface area contributed by atoms with Gasteiger partial charge in [-0.15, -0.1) is 0 Å². The van der Waals surface area contributed by atoms with Crippen LogP contribution in [0.25, 0.3) is 0 Å². The van der Waals surface area contributed by atoms with Gasteiger partial charge in [0.05, 0.1) is 18.1 Å². The Hall–Kier alpha value is -2.18. The maximum Gasteiger partial charge on any atom is 0.326 e. The predicted octanol–water partition coefficient (Wildman–Crippen LogP) is 0.707. The molecule has 0 fully saturated rings. The Morgan fingerprint density at radius 3 is 2.35 bits per heavy atom. The van der Waals surface area contributed by atoms with Crippen molar-refractivity contribution in [3.63, 3.8) is 0 Å². The molecule has 1 rings (SSSR count). The van der Waals surface area contributed by atoms with Gasteiger partial charge in [-0.3, -0.25) is 0 Å². The molecule has 0 bridgehead atoms. The van der Waals surface area contributed by atoms with E-state index in [0.29, 0.717) is 5.69 Å². The van der Waals surface area contributed by atoms with Crippen LogP contribution in [0.3, 0.4) is 0 Å². The van der Waals surface area contributed by atoms with Crippen LogP contribution in [0.15, 0.2) is 18.7 Å². The average Bonchev–Trinajstić information content (AvgIpc) is 2.26. The van der Waals surface area contributed by atoms with Gasteiger partial charge in [-0.2, -0.15) is 0 Å². The molecule has 0 aliphatic heterocycles. The van der Waals surface area contributed by atoms with Crippen molar-refractivity contribution < 1.29 is 14.7 Å². The highest BCUT2D eigenvalue weighted by Crippen LogP contribution is 2.04. The molecule has 0 radical (unpaired) electrons. The van der Waals surface area contributed by atoms with Crippen molar-refractivity contribution in [2.75, 3.05) is 5.32 Å². The number of aliphatic carboxylic acids is 1. The second kappa shape index (κ2) is 5.78. The molecule has 0 spiro atoms. The van der Waals surface area contributed by atoms with Gasteiger partial charge in [-0.05, 0) is 5.92 Å². The first-order valence-electron chi connectivity index (χ1n) is 5.06. The summed E-state index contributed by atoms with van der Waals surface area (Å²) in [5, 5.41) is 13.7. The zero-order valence-electron chi connectivity index (χ0n) is 9.54. The molecular formula is C10H14N4O3. The number of nitrogens with zero attached hydrogens (tertiary/aromatic N) is 2. The summed E-state index contributed by atoms with van der Waals surface area (Å²) in [7, 11) is 0. The summed E-state index contributed by atoms with van der Waals surface area (Å²) < 4.78 is 0. The predicted molar refractivity (Wildman–Crippen MR) is 60.4 cm³/mol. The summed E-state index contributed by atoms with van der Waals surface area (Å²) in [5.41, 5.74) is 0.401. The summed E-state index contributed by atoms with van der Waals surface area (Å²) in [6, 6.07) is -1.53. The van der Waals surface area contributed by atoms with Gasteiger partial charge in [0.25, 0.3) is 0 Å². The fraction of sp³-hybridized carbons (Fsp3) is 0.400. The number of nitrogens with one attached hydrogen (secondary N) is 2. The Balaban J connectivity index is 2.57. The van der Waals surface area contributed by atoms with Gasteiger partial charge in [-0.25, -0.2) is 19.6 Å². The van der Waals surface area contributed by atoms with E-state index in [1.54, 1.807) is 13.8 Å². The molecule has 1 heterocycles. The highest BCUT2D eigenvalue weighted by Gasteiger charge is 2.23. The van der Waals surface area contributed by atoms with Gasteiger partial charge in [0.1, 0.15) is 12.4 Å². The molecule has 7 nitrogen and oxygen atoms in total. The van der Waals surface area contributed by atoms with Crippen LogP contribution in [0.5, 0.6) is 0 Å². The molecule has 1 aromatic heterocycles. The molecular weight excluding hydrogens is 224 g/mol. The third kappa shape index (κ3) is 4.06. The van der Waals surface area contributed by atoms with Gasteiger partial charge in [0.15, 0.2) is 0 Å². The fourth-order valence-corrected chi connectivity index (χ4v) is 1.19. The van der Waals surface area contributed by atoms with E-state index in [9.17, 15) is 9.59 Å². The van der Waals surface area contributed by atoms with E-state index < -0.39 is 18.0 Å². The van der Waals surface area contributed by atoms with Gasteiger partial charge >= 0.3 is 12.0 Å². The van der Waals surface area contributed by atoms with Crippen LogP contribution in [0, 0.1) is 5.92 Å². The van der Waals surface area contributed by atoms with E-state index in [-0.39, 0.29) is 5.92 Å². The minimum atomic E-state index is -1.07. The van der Waals surface area contributed by atoms with Crippen molar-refractivity contribution in [1.82, 2.24) is 15.3 Å². The Kier molecular flexibility index (Phi) is 4.38. The highest BCUT2D eigenvalue weighted by molar-refractivity contribution is 5.91. The summed E-state index contributed by atoms with van der Waals surface area (Å²) in [6.45, 7) is 3.43. The number of urea groups is 1. The quantitative estimate of drug-likeness (QED) is 0.716. The SMILES string of the molecule is CC(C)[C@@H](NC(=O)Nc1cncnc1)C(=O)O. The topological polar surface area (TPSA) is 104 Å². The minimum Gasteiger partial charge on any atom is -0.480 e. The van der Waals surface area contributed by atoms with Crippen molar-refractivity contribution in [1.29, 1.82) is 0 Å². The van der Waals surface area contributed by atoms with E-state index in [1.807, 2.05) is 0 Å². The van der Waals surface area contributed by atoms with Gasteiger partial charge in [0, 0.05) is 0 Å². The molecule has 1 aromatic rings. The van der Waals surface area contributed by atoms with Gasteiger partial charge in [0.2, 0.25) is 0 Å². The van der Waals surface area contributed by atoms with E-state index in [2.05, 4.69) is 20.6 Å². The molecule has 0 unspecified atom stereocenters. The van der Waals surface area contributed by atoms with Crippen LogP contribution in [0.1, 0.15) is 13.8 Å². The van der Waals surface area contributed by atoms with Crippen molar-refractivity contribution in [3.8, 4) is 0 Å². The number of hydrogen-bond donors (Lipinski definition) is 3. The standard InChI is InChI=1S/C10H14N4O3/c1-6(2)8(9(15)16)14-10(17)13-7-3-11-5-12-4-7/h3-6,8H,1-2H3,(H,15,16)(H2,13,14,17)/t8-/m1/s1. The lowest BCUT2D eigenvalue weighted by Gasteiger charge is -2.17. The molecule has 17 heavy (non-hydrogen) atoms. The molecule has 3 N–H and O–H groups in total. The molecule has 92 valence electrons. The monoisotopic (exact) mass is 238 g/mol. The number of aromatic nitrogens is 2. The second-order valence-electron chi connectivity index (χ2n) is 3.79. The van der Waals surface area contributed by atoms with Crippen molar-refractivity contribution >= 4 is 17.7 Å². The fourth-order valence-electron chi connectivity index (χ4n) is 1.19. The van der Waals surface area contributed by atoms with Crippen molar-refractivity contribution in [2.45, 2.75) is 19.9 Å². The summed E-state index contributed by atoms with van der Waals surface area (Å²) in [5.74, 6) is -1.27.